The van der Waals surface area contributed by atoms with Crippen molar-refractivity contribution in [1.29, 1.82) is 0 Å². The lowest BCUT2D eigenvalue weighted by Crippen LogP contribution is -2.48. The molecule has 1 amide bonds. The fourth-order valence-corrected chi connectivity index (χ4v) is 3.92. The van der Waals surface area contributed by atoms with Gasteiger partial charge in [-0.15, -0.1) is 0 Å². The molecular formula is C15H23N3O3S. The van der Waals surface area contributed by atoms with E-state index in [9.17, 15) is 13.2 Å². The van der Waals surface area contributed by atoms with E-state index in [1.54, 1.807) is 30.1 Å². The van der Waals surface area contributed by atoms with E-state index in [0.29, 0.717) is 19.4 Å². The van der Waals surface area contributed by atoms with Crippen LogP contribution in [0.4, 0.5) is 5.69 Å². The second-order valence-corrected chi connectivity index (χ2v) is 7.69. The molecule has 1 aromatic carbocycles. The van der Waals surface area contributed by atoms with Crippen LogP contribution in [0, 0.1) is 6.92 Å². The van der Waals surface area contributed by atoms with Gasteiger partial charge in [-0.2, -0.15) is 0 Å². The highest BCUT2D eigenvalue weighted by Gasteiger charge is 2.27. The topological polar surface area (TPSA) is 69.7 Å². The van der Waals surface area contributed by atoms with E-state index in [2.05, 4.69) is 4.72 Å². The van der Waals surface area contributed by atoms with E-state index >= 15 is 0 Å². The number of hydrogen-bond donors (Lipinski definition) is 1. The Kier molecular flexibility index (Phi) is 4.77. The summed E-state index contributed by atoms with van der Waals surface area (Å²) in [6.45, 7) is 2.35. The Morgan fingerprint density at radius 2 is 2.00 bits per heavy atom. The third-order valence-corrected chi connectivity index (χ3v) is 5.44. The van der Waals surface area contributed by atoms with Crippen molar-refractivity contribution < 1.29 is 13.2 Å². The third-order valence-electron chi connectivity index (χ3n) is 3.92. The summed E-state index contributed by atoms with van der Waals surface area (Å²) in [7, 11) is 1.87. The number of anilines is 1. The van der Waals surface area contributed by atoms with Crippen molar-refractivity contribution >= 4 is 21.6 Å². The number of nitrogens with one attached hydrogen (secondary N) is 1. The van der Waals surface area contributed by atoms with E-state index in [0.717, 1.165) is 11.3 Å². The Labute approximate surface area is 132 Å². The predicted molar refractivity (Wildman–Crippen MR) is 86.5 cm³/mol. The summed E-state index contributed by atoms with van der Waals surface area (Å²) in [6, 6.07) is 4.86. The first kappa shape index (κ1) is 16.8. The smallest absolute Gasteiger partial charge is 0.240 e. The molecule has 6 nitrogen and oxygen atoms in total. The lowest BCUT2D eigenvalue weighted by molar-refractivity contribution is -0.132. The van der Waals surface area contributed by atoms with Gasteiger partial charge in [-0.25, -0.2) is 13.1 Å². The van der Waals surface area contributed by atoms with Gasteiger partial charge < -0.3 is 9.80 Å². The zero-order chi connectivity index (χ0) is 16.5. The zero-order valence-corrected chi connectivity index (χ0v) is 14.3. The first-order valence-corrected chi connectivity index (χ1v) is 8.73. The monoisotopic (exact) mass is 325 g/mol. The van der Waals surface area contributed by atoms with E-state index in [1.165, 1.54) is 0 Å². The molecule has 0 aromatic heterocycles. The van der Waals surface area contributed by atoms with Crippen LogP contribution in [0.15, 0.2) is 23.1 Å². The summed E-state index contributed by atoms with van der Waals surface area (Å²) in [5.41, 5.74) is 1.89. The summed E-state index contributed by atoms with van der Waals surface area (Å²) in [4.78, 5) is 15.2. The van der Waals surface area contributed by atoms with Crippen LogP contribution in [-0.4, -0.2) is 53.0 Å². The predicted octanol–water partition coefficient (Wildman–Crippen LogP) is 0.960. The van der Waals surface area contributed by atoms with Gasteiger partial charge in [0, 0.05) is 45.8 Å². The van der Waals surface area contributed by atoms with E-state index in [-0.39, 0.29) is 16.8 Å². The van der Waals surface area contributed by atoms with Gasteiger partial charge in [0.1, 0.15) is 0 Å². The fraction of sp³-hybridized carbons (Fsp3) is 0.533. The van der Waals surface area contributed by atoms with Crippen molar-refractivity contribution in [2.24, 2.45) is 0 Å². The second kappa shape index (κ2) is 6.26. The molecule has 1 N–H and O–H groups in total. The molecule has 1 aliphatic rings. The number of likely N-dealkylation sites (N-methyl/N-ethyl adjacent to an activating group) is 1. The minimum Gasteiger partial charge on any atom is -0.377 e. The first-order valence-electron chi connectivity index (χ1n) is 7.25. The molecule has 1 aromatic rings. The van der Waals surface area contributed by atoms with Crippen molar-refractivity contribution in [1.82, 2.24) is 9.62 Å². The molecule has 2 rings (SSSR count). The van der Waals surface area contributed by atoms with Crippen LogP contribution in [0.2, 0.25) is 0 Å². The molecule has 1 unspecified atom stereocenters. The maximum atomic E-state index is 12.5. The largest absolute Gasteiger partial charge is 0.377 e. The minimum absolute atomic E-state index is 0.0562. The minimum atomic E-state index is -3.59. The molecule has 0 radical (unpaired) electrons. The molecular weight excluding hydrogens is 302 g/mol. The average Bonchev–Trinajstić information content (AvgIpc) is 2.42. The van der Waals surface area contributed by atoms with Gasteiger partial charge in [0.15, 0.2) is 0 Å². The summed E-state index contributed by atoms with van der Waals surface area (Å²) >= 11 is 0. The van der Waals surface area contributed by atoms with Gasteiger partial charge in [0.25, 0.3) is 0 Å². The number of amides is 1. The number of carbonyl (C=O) groups excluding carboxylic acids is 1. The Bertz CT molecular complexity index is 671. The van der Waals surface area contributed by atoms with Crippen molar-refractivity contribution in [3.63, 3.8) is 0 Å². The SMILES string of the molecule is Cc1ccc(S(=O)(=O)NC2CCC(=O)N(C)C2)cc1N(C)C. The van der Waals surface area contributed by atoms with E-state index in [4.69, 9.17) is 0 Å². The van der Waals surface area contributed by atoms with Gasteiger partial charge in [-0.05, 0) is 31.0 Å². The number of benzene rings is 1. The number of hydrogen-bond acceptors (Lipinski definition) is 4. The number of sulfonamides is 1. The van der Waals surface area contributed by atoms with Crippen LogP contribution in [-0.2, 0) is 14.8 Å². The fourth-order valence-electron chi connectivity index (χ4n) is 2.63. The summed E-state index contributed by atoms with van der Waals surface area (Å²) in [5.74, 6) is 0.0562. The highest BCUT2D eigenvalue weighted by Crippen LogP contribution is 2.23. The lowest BCUT2D eigenvalue weighted by atomic mass is 10.1. The van der Waals surface area contributed by atoms with Gasteiger partial charge in [-0.3, -0.25) is 4.79 Å². The Morgan fingerprint density at radius 3 is 2.59 bits per heavy atom. The van der Waals surface area contributed by atoms with Crippen LogP contribution in [0.3, 0.4) is 0 Å². The standard InChI is InChI=1S/C15H23N3O3S/c1-11-5-7-13(9-14(11)17(2)3)22(20,21)16-12-6-8-15(19)18(4)10-12/h5,7,9,12,16H,6,8,10H2,1-4H3. The number of aryl methyl sites for hydroxylation is 1. The first-order chi connectivity index (χ1) is 10.2. The number of nitrogens with zero attached hydrogens (tertiary/aromatic N) is 2. The van der Waals surface area contributed by atoms with Crippen molar-refractivity contribution in [2.45, 2.75) is 30.7 Å². The molecule has 0 spiro atoms. The molecule has 1 saturated heterocycles. The molecule has 1 heterocycles. The van der Waals surface area contributed by atoms with E-state index in [1.807, 2.05) is 25.9 Å². The van der Waals surface area contributed by atoms with Crippen molar-refractivity contribution in [3.05, 3.63) is 23.8 Å². The summed E-state index contributed by atoms with van der Waals surface area (Å²) in [5, 5.41) is 0. The van der Waals surface area contributed by atoms with Gasteiger partial charge in [0.05, 0.1) is 4.90 Å². The molecule has 0 aliphatic carbocycles. The molecule has 1 aliphatic heterocycles. The quantitative estimate of drug-likeness (QED) is 0.895. The van der Waals surface area contributed by atoms with Gasteiger partial charge >= 0.3 is 0 Å². The number of piperidine rings is 1. The molecule has 1 atom stereocenters. The maximum Gasteiger partial charge on any atom is 0.240 e. The van der Waals surface area contributed by atoms with Gasteiger partial charge in [0.2, 0.25) is 15.9 Å². The molecule has 0 bridgehead atoms. The van der Waals surface area contributed by atoms with Crippen LogP contribution in [0.25, 0.3) is 0 Å². The average molecular weight is 325 g/mol. The highest BCUT2D eigenvalue weighted by atomic mass is 32.2. The van der Waals surface area contributed by atoms with Gasteiger partial charge in [-0.1, -0.05) is 6.07 Å². The molecule has 0 saturated carbocycles. The van der Waals surface area contributed by atoms with Crippen LogP contribution in [0.1, 0.15) is 18.4 Å². The normalized spacial score (nSPS) is 19.4. The maximum absolute atomic E-state index is 12.5. The highest BCUT2D eigenvalue weighted by molar-refractivity contribution is 7.89. The second-order valence-electron chi connectivity index (χ2n) is 5.97. The Balaban J connectivity index is 2.20. The van der Waals surface area contributed by atoms with Crippen molar-refractivity contribution in [3.8, 4) is 0 Å². The Hall–Kier alpha value is -1.60. The number of likely N-dealkylation sites (tertiary alicyclic amines) is 1. The number of carbonyl (C=O) groups is 1. The molecule has 122 valence electrons. The third kappa shape index (κ3) is 3.59. The molecule has 7 heteroatoms. The van der Waals surface area contributed by atoms with Crippen LogP contribution in [0.5, 0.6) is 0 Å². The van der Waals surface area contributed by atoms with E-state index < -0.39 is 10.0 Å². The number of rotatable bonds is 4. The van der Waals surface area contributed by atoms with Crippen LogP contribution < -0.4 is 9.62 Å². The van der Waals surface area contributed by atoms with Crippen LogP contribution >= 0.6 is 0 Å². The summed E-state index contributed by atoms with van der Waals surface area (Å²) in [6.07, 6.45) is 0.912. The van der Waals surface area contributed by atoms with Crippen molar-refractivity contribution in [2.75, 3.05) is 32.6 Å². The molecule has 1 fully saturated rings. The lowest BCUT2D eigenvalue weighted by Gasteiger charge is -2.30. The molecule has 22 heavy (non-hydrogen) atoms. The zero-order valence-electron chi connectivity index (χ0n) is 13.5. The Morgan fingerprint density at radius 1 is 1.32 bits per heavy atom. The summed E-state index contributed by atoms with van der Waals surface area (Å²) < 4.78 is 27.8.